The molecule has 4 nitrogen and oxygen atoms in total. The fourth-order valence-electron chi connectivity index (χ4n) is 2.51. The first-order valence-electron chi connectivity index (χ1n) is 5.61. The van der Waals surface area contributed by atoms with Crippen molar-refractivity contribution in [3.8, 4) is 0 Å². The molecule has 2 rings (SSSR count). The van der Waals surface area contributed by atoms with Crippen LogP contribution in [-0.2, 0) is 7.05 Å². The van der Waals surface area contributed by atoms with Crippen LogP contribution in [0.25, 0.3) is 6.08 Å². The second-order valence-electron chi connectivity index (χ2n) is 4.22. The highest BCUT2D eigenvalue weighted by molar-refractivity contribution is 5.59. The first-order chi connectivity index (χ1) is 7.70. The van der Waals surface area contributed by atoms with Crippen LogP contribution in [0.4, 0.5) is 5.82 Å². The summed E-state index contributed by atoms with van der Waals surface area (Å²) in [7, 11) is 1.75. The quantitative estimate of drug-likeness (QED) is 0.719. The number of rotatable bonds is 3. The molecule has 0 atom stereocenters. The van der Waals surface area contributed by atoms with Gasteiger partial charge in [-0.2, -0.15) is 0 Å². The molecular weight excluding hydrogens is 202 g/mol. The minimum atomic E-state index is -0.01000. The Balaban J connectivity index is 2.63. The molecule has 0 spiro atoms. The van der Waals surface area contributed by atoms with Gasteiger partial charge in [-0.3, -0.25) is 9.13 Å². The standard InChI is InChI=1S/C12H17N3O/c1-4-10-11(13-2)15(12(16)14(10)3)9-7-5-6-8-9/h4,9H,1-2,5-8H2,3H3. The van der Waals surface area contributed by atoms with E-state index in [4.69, 9.17) is 0 Å². The molecule has 0 N–H and O–H groups in total. The second-order valence-corrected chi connectivity index (χ2v) is 4.22. The minimum Gasteiger partial charge on any atom is -0.293 e. The third kappa shape index (κ3) is 1.45. The Hall–Kier alpha value is -1.58. The zero-order valence-electron chi connectivity index (χ0n) is 9.65. The molecule has 4 heteroatoms. The van der Waals surface area contributed by atoms with Gasteiger partial charge in [-0.1, -0.05) is 19.4 Å². The number of nitrogens with zero attached hydrogens (tertiary/aromatic N) is 3. The summed E-state index contributed by atoms with van der Waals surface area (Å²) in [5.74, 6) is 0.661. The molecular formula is C12H17N3O. The Morgan fingerprint density at radius 3 is 2.56 bits per heavy atom. The Bertz CT molecular complexity index is 475. The molecule has 1 aliphatic rings. The largest absolute Gasteiger partial charge is 0.330 e. The molecule has 1 fully saturated rings. The monoisotopic (exact) mass is 219 g/mol. The van der Waals surface area contributed by atoms with E-state index in [1.54, 1.807) is 22.3 Å². The second kappa shape index (κ2) is 4.12. The number of aliphatic imine (C=N–C) groups is 1. The lowest BCUT2D eigenvalue weighted by molar-refractivity contribution is 0.500. The molecule has 0 aromatic carbocycles. The van der Waals surface area contributed by atoms with Crippen LogP contribution in [0.2, 0.25) is 0 Å². The summed E-state index contributed by atoms with van der Waals surface area (Å²) >= 11 is 0. The first-order valence-corrected chi connectivity index (χ1v) is 5.61. The molecule has 0 radical (unpaired) electrons. The lowest BCUT2D eigenvalue weighted by Gasteiger charge is -2.11. The van der Waals surface area contributed by atoms with Crippen LogP contribution in [0.15, 0.2) is 16.4 Å². The summed E-state index contributed by atoms with van der Waals surface area (Å²) in [6, 6.07) is 0.285. The predicted molar refractivity (Wildman–Crippen MR) is 66.5 cm³/mol. The van der Waals surface area contributed by atoms with Gasteiger partial charge in [0.25, 0.3) is 0 Å². The summed E-state index contributed by atoms with van der Waals surface area (Å²) in [6.07, 6.45) is 6.15. The molecule has 1 aromatic heterocycles. The predicted octanol–water partition coefficient (Wildman–Crippen LogP) is 2.28. The fourth-order valence-corrected chi connectivity index (χ4v) is 2.51. The van der Waals surface area contributed by atoms with E-state index in [1.807, 2.05) is 0 Å². The molecule has 16 heavy (non-hydrogen) atoms. The normalized spacial score (nSPS) is 16.6. The van der Waals surface area contributed by atoms with Crippen molar-refractivity contribution in [1.82, 2.24) is 9.13 Å². The zero-order chi connectivity index (χ0) is 11.7. The van der Waals surface area contributed by atoms with Crippen molar-refractivity contribution < 1.29 is 0 Å². The molecule has 1 aliphatic carbocycles. The van der Waals surface area contributed by atoms with E-state index in [2.05, 4.69) is 18.3 Å². The number of imidazole rings is 1. The maximum Gasteiger partial charge on any atom is 0.330 e. The lowest BCUT2D eigenvalue weighted by atomic mass is 10.2. The molecule has 0 amide bonds. The van der Waals surface area contributed by atoms with Gasteiger partial charge in [0.15, 0.2) is 5.82 Å². The topological polar surface area (TPSA) is 39.3 Å². The summed E-state index contributed by atoms with van der Waals surface area (Å²) in [5.41, 5.74) is 0.746. The van der Waals surface area contributed by atoms with Crippen LogP contribution in [0.1, 0.15) is 37.4 Å². The smallest absolute Gasteiger partial charge is 0.293 e. The van der Waals surface area contributed by atoms with Gasteiger partial charge in [0.1, 0.15) is 0 Å². The van der Waals surface area contributed by atoms with Crippen molar-refractivity contribution >= 4 is 18.6 Å². The Morgan fingerprint density at radius 1 is 1.44 bits per heavy atom. The van der Waals surface area contributed by atoms with Crippen molar-refractivity contribution in [2.45, 2.75) is 31.7 Å². The van der Waals surface area contributed by atoms with Crippen molar-refractivity contribution in [1.29, 1.82) is 0 Å². The van der Waals surface area contributed by atoms with E-state index in [1.165, 1.54) is 12.8 Å². The van der Waals surface area contributed by atoms with Crippen LogP contribution >= 0.6 is 0 Å². The van der Waals surface area contributed by atoms with Gasteiger partial charge in [0.2, 0.25) is 0 Å². The summed E-state index contributed by atoms with van der Waals surface area (Å²) in [6.45, 7) is 7.28. The van der Waals surface area contributed by atoms with Gasteiger partial charge < -0.3 is 0 Å². The molecule has 0 aliphatic heterocycles. The molecule has 86 valence electrons. The number of hydrogen-bond acceptors (Lipinski definition) is 2. The van der Waals surface area contributed by atoms with Gasteiger partial charge >= 0.3 is 5.69 Å². The highest BCUT2D eigenvalue weighted by Crippen LogP contribution is 2.33. The Kier molecular flexibility index (Phi) is 2.81. The average molecular weight is 219 g/mol. The Morgan fingerprint density at radius 2 is 2.06 bits per heavy atom. The SMILES string of the molecule is C=Cc1c(N=C)n(C2CCCC2)c(=O)n1C. The third-order valence-corrected chi connectivity index (χ3v) is 3.34. The fraction of sp³-hybridized carbons (Fsp3) is 0.500. The van der Waals surface area contributed by atoms with Crippen molar-refractivity contribution in [3.63, 3.8) is 0 Å². The lowest BCUT2D eigenvalue weighted by Crippen LogP contribution is -2.25. The van der Waals surface area contributed by atoms with E-state index < -0.39 is 0 Å². The van der Waals surface area contributed by atoms with Gasteiger partial charge in [-0.15, -0.1) is 0 Å². The van der Waals surface area contributed by atoms with E-state index >= 15 is 0 Å². The van der Waals surface area contributed by atoms with Crippen molar-refractivity contribution in [2.24, 2.45) is 12.0 Å². The van der Waals surface area contributed by atoms with Gasteiger partial charge in [-0.25, -0.2) is 9.79 Å². The van der Waals surface area contributed by atoms with Crippen LogP contribution in [0, 0.1) is 0 Å². The van der Waals surface area contributed by atoms with Crippen LogP contribution < -0.4 is 5.69 Å². The van der Waals surface area contributed by atoms with Crippen molar-refractivity contribution in [2.75, 3.05) is 0 Å². The first kappa shape index (κ1) is 10.9. The zero-order valence-corrected chi connectivity index (χ0v) is 9.65. The van der Waals surface area contributed by atoms with E-state index in [0.29, 0.717) is 5.82 Å². The summed E-state index contributed by atoms with van der Waals surface area (Å²) in [5, 5.41) is 0. The summed E-state index contributed by atoms with van der Waals surface area (Å²) in [4.78, 5) is 16.1. The highest BCUT2D eigenvalue weighted by atomic mass is 16.1. The molecule has 0 saturated heterocycles. The average Bonchev–Trinajstić information content (AvgIpc) is 2.87. The van der Waals surface area contributed by atoms with Crippen molar-refractivity contribution in [3.05, 3.63) is 22.8 Å². The summed E-state index contributed by atoms with van der Waals surface area (Å²) < 4.78 is 3.37. The molecule has 0 bridgehead atoms. The molecule has 1 saturated carbocycles. The molecule has 1 aromatic rings. The van der Waals surface area contributed by atoms with E-state index in [-0.39, 0.29) is 11.7 Å². The van der Waals surface area contributed by atoms with Crippen LogP contribution in [-0.4, -0.2) is 15.9 Å². The van der Waals surface area contributed by atoms with E-state index in [0.717, 1.165) is 18.5 Å². The Labute approximate surface area is 94.9 Å². The molecule has 0 unspecified atom stereocenters. The van der Waals surface area contributed by atoms with Crippen LogP contribution in [0.3, 0.4) is 0 Å². The van der Waals surface area contributed by atoms with Gasteiger partial charge in [-0.05, 0) is 25.6 Å². The molecule has 1 heterocycles. The van der Waals surface area contributed by atoms with Gasteiger partial charge in [0.05, 0.1) is 5.69 Å². The number of aromatic nitrogens is 2. The minimum absolute atomic E-state index is 0.01000. The number of hydrogen-bond donors (Lipinski definition) is 0. The maximum absolute atomic E-state index is 12.1. The van der Waals surface area contributed by atoms with Crippen LogP contribution in [0.5, 0.6) is 0 Å². The highest BCUT2D eigenvalue weighted by Gasteiger charge is 2.24. The maximum atomic E-state index is 12.1. The third-order valence-electron chi connectivity index (χ3n) is 3.34. The van der Waals surface area contributed by atoms with Gasteiger partial charge in [0, 0.05) is 13.1 Å². The van der Waals surface area contributed by atoms with E-state index in [9.17, 15) is 4.79 Å².